The van der Waals surface area contributed by atoms with Crippen LogP contribution in [-0.4, -0.2) is 21.7 Å². The van der Waals surface area contributed by atoms with E-state index in [2.05, 4.69) is 10.4 Å². The summed E-state index contributed by atoms with van der Waals surface area (Å²) in [5.41, 5.74) is -0.152. The molecule has 2 aromatic rings. The van der Waals surface area contributed by atoms with E-state index >= 15 is 0 Å². The number of aromatic nitrogens is 2. The number of carbonyl (C=O) groups is 1. The minimum atomic E-state index is -4.40. The molecule has 0 aliphatic rings. The Kier molecular flexibility index (Phi) is 4.54. The number of carbonyl (C=O) groups excluding carboxylic acids is 1. The first-order chi connectivity index (χ1) is 10.3. The highest BCUT2D eigenvalue weighted by atomic mass is 19.4. The van der Waals surface area contributed by atoms with Gasteiger partial charge < -0.3 is 5.32 Å². The lowest BCUT2D eigenvalue weighted by atomic mass is 10.0. The van der Waals surface area contributed by atoms with Gasteiger partial charge in [0.15, 0.2) is 0 Å². The summed E-state index contributed by atoms with van der Waals surface area (Å²) < 4.78 is 40.2. The summed E-state index contributed by atoms with van der Waals surface area (Å²) in [5, 5.41) is 6.57. The molecule has 1 amide bonds. The number of hydrogen-bond donors (Lipinski definition) is 1. The molecule has 0 spiro atoms. The second kappa shape index (κ2) is 6.21. The van der Waals surface area contributed by atoms with E-state index in [1.54, 1.807) is 26.1 Å². The van der Waals surface area contributed by atoms with Crippen LogP contribution in [-0.2, 0) is 19.6 Å². The number of hydrogen-bond acceptors (Lipinski definition) is 2. The van der Waals surface area contributed by atoms with Gasteiger partial charge in [0, 0.05) is 19.3 Å². The molecule has 0 bridgehead atoms. The highest BCUT2D eigenvalue weighted by molar-refractivity contribution is 5.92. The number of nitrogens with one attached hydrogen (secondary N) is 1. The molecule has 1 atom stereocenters. The molecule has 0 saturated heterocycles. The smallest absolute Gasteiger partial charge is 0.348 e. The number of rotatable bonds is 4. The molecule has 0 fully saturated rings. The Morgan fingerprint density at radius 2 is 2.00 bits per heavy atom. The van der Waals surface area contributed by atoms with E-state index in [1.165, 1.54) is 23.0 Å². The average molecular weight is 311 g/mol. The summed E-state index contributed by atoms with van der Waals surface area (Å²) in [7, 11) is 1.62. The van der Waals surface area contributed by atoms with Gasteiger partial charge in [-0.25, -0.2) is 0 Å². The molecule has 1 aromatic heterocycles. The summed E-state index contributed by atoms with van der Waals surface area (Å²) >= 11 is 0. The van der Waals surface area contributed by atoms with E-state index in [-0.39, 0.29) is 17.9 Å². The Labute approximate surface area is 125 Å². The molecule has 118 valence electrons. The van der Waals surface area contributed by atoms with E-state index in [0.717, 1.165) is 6.07 Å². The minimum Gasteiger partial charge on any atom is -0.348 e. The monoisotopic (exact) mass is 311 g/mol. The quantitative estimate of drug-likeness (QED) is 0.944. The third kappa shape index (κ3) is 3.66. The molecule has 4 nitrogen and oxygen atoms in total. The molecule has 0 aliphatic carbocycles. The maximum Gasteiger partial charge on any atom is 0.416 e. The third-order valence-corrected chi connectivity index (χ3v) is 3.28. The number of benzene rings is 1. The molecule has 0 radical (unpaired) electrons. The molecular formula is C15H16F3N3O. The van der Waals surface area contributed by atoms with E-state index in [4.69, 9.17) is 0 Å². The highest BCUT2D eigenvalue weighted by Crippen LogP contribution is 2.32. The zero-order valence-corrected chi connectivity index (χ0v) is 12.2. The first-order valence-electron chi connectivity index (χ1n) is 6.73. The zero-order chi connectivity index (χ0) is 16.3. The predicted molar refractivity (Wildman–Crippen MR) is 75.3 cm³/mol. The Morgan fingerprint density at radius 1 is 1.32 bits per heavy atom. The standard InChI is InChI=1S/C15H16F3N3O/c1-10(20-14(22)13-7-8-19-21(13)2)9-11-5-3-4-6-12(11)15(16,17)18/h3-8,10H,9H2,1-2H3,(H,20,22). The van der Waals surface area contributed by atoms with Crippen LogP contribution in [0.2, 0.25) is 0 Å². The Balaban J connectivity index is 2.09. The molecule has 0 aliphatic heterocycles. The average Bonchev–Trinajstić information content (AvgIpc) is 2.84. The lowest BCUT2D eigenvalue weighted by Crippen LogP contribution is -2.35. The maximum absolute atomic E-state index is 12.9. The van der Waals surface area contributed by atoms with Gasteiger partial charge in [-0.05, 0) is 31.0 Å². The molecule has 1 aromatic carbocycles. The highest BCUT2D eigenvalue weighted by Gasteiger charge is 2.33. The minimum absolute atomic E-state index is 0.0965. The Morgan fingerprint density at radius 3 is 2.59 bits per heavy atom. The second-order valence-corrected chi connectivity index (χ2v) is 5.07. The van der Waals surface area contributed by atoms with Crippen LogP contribution in [0.4, 0.5) is 13.2 Å². The van der Waals surface area contributed by atoms with Crippen LogP contribution in [0.1, 0.15) is 28.5 Å². The van der Waals surface area contributed by atoms with Crippen molar-refractivity contribution in [2.75, 3.05) is 0 Å². The van der Waals surface area contributed by atoms with Crippen LogP contribution in [0.5, 0.6) is 0 Å². The van der Waals surface area contributed by atoms with Gasteiger partial charge in [-0.15, -0.1) is 0 Å². The molecule has 2 rings (SSSR count). The summed E-state index contributed by atoms with van der Waals surface area (Å²) in [6.07, 6.45) is -2.82. The van der Waals surface area contributed by atoms with Gasteiger partial charge in [-0.1, -0.05) is 18.2 Å². The molecule has 1 unspecified atom stereocenters. The zero-order valence-electron chi connectivity index (χ0n) is 12.2. The van der Waals surface area contributed by atoms with Crippen molar-refractivity contribution in [1.82, 2.24) is 15.1 Å². The molecule has 1 heterocycles. The summed E-state index contributed by atoms with van der Waals surface area (Å²) in [5.74, 6) is -0.364. The SMILES string of the molecule is CC(Cc1ccccc1C(F)(F)F)NC(=O)c1ccnn1C. The van der Waals surface area contributed by atoms with Crippen molar-refractivity contribution in [3.05, 3.63) is 53.3 Å². The fourth-order valence-corrected chi connectivity index (χ4v) is 2.25. The maximum atomic E-state index is 12.9. The molecular weight excluding hydrogens is 295 g/mol. The van der Waals surface area contributed by atoms with E-state index in [9.17, 15) is 18.0 Å². The molecule has 7 heteroatoms. The molecule has 22 heavy (non-hydrogen) atoms. The fraction of sp³-hybridized carbons (Fsp3) is 0.333. The van der Waals surface area contributed by atoms with Gasteiger partial charge in [0.05, 0.1) is 5.56 Å². The van der Waals surface area contributed by atoms with Crippen molar-refractivity contribution in [3.8, 4) is 0 Å². The van der Waals surface area contributed by atoms with Crippen molar-refractivity contribution < 1.29 is 18.0 Å². The van der Waals surface area contributed by atoms with Crippen molar-refractivity contribution in [2.24, 2.45) is 7.05 Å². The van der Waals surface area contributed by atoms with Gasteiger partial charge in [-0.3, -0.25) is 9.48 Å². The van der Waals surface area contributed by atoms with Gasteiger partial charge in [0.2, 0.25) is 0 Å². The van der Waals surface area contributed by atoms with Gasteiger partial charge in [0.1, 0.15) is 5.69 Å². The number of nitrogens with zero attached hydrogens (tertiary/aromatic N) is 2. The van der Waals surface area contributed by atoms with E-state index in [0.29, 0.717) is 5.69 Å². The van der Waals surface area contributed by atoms with Gasteiger partial charge in [-0.2, -0.15) is 18.3 Å². The van der Waals surface area contributed by atoms with Crippen molar-refractivity contribution in [2.45, 2.75) is 25.6 Å². The first-order valence-corrected chi connectivity index (χ1v) is 6.73. The normalized spacial score (nSPS) is 13.0. The Hall–Kier alpha value is -2.31. The van der Waals surface area contributed by atoms with Gasteiger partial charge >= 0.3 is 6.18 Å². The van der Waals surface area contributed by atoms with Crippen LogP contribution in [0.15, 0.2) is 36.5 Å². The van der Waals surface area contributed by atoms with E-state index < -0.39 is 17.8 Å². The van der Waals surface area contributed by atoms with Crippen molar-refractivity contribution in [3.63, 3.8) is 0 Å². The van der Waals surface area contributed by atoms with Crippen molar-refractivity contribution >= 4 is 5.91 Å². The van der Waals surface area contributed by atoms with Crippen molar-refractivity contribution in [1.29, 1.82) is 0 Å². The summed E-state index contributed by atoms with van der Waals surface area (Å²) in [6, 6.07) is 6.49. The van der Waals surface area contributed by atoms with Gasteiger partial charge in [0.25, 0.3) is 5.91 Å². The van der Waals surface area contributed by atoms with Crippen LogP contribution in [0.25, 0.3) is 0 Å². The topological polar surface area (TPSA) is 46.9 Å². The largest absolute Gasteiger partial charge is 0.416 e. The van der Waals surface area contributed by atoms with Crippen LogP contribution in [0.3, 0.4) is 0 Å². The van der Waals surface area contributed by atoms with E-state index in [1.807, 2.05) is 0 Å². The number of aryl methyl sites for hydroxylation is 1. The Bertz CT molecular complexity index is 664. The number of alkyl halides is 3. The van der Waals surface area contributed by atoms with Crippen LogP contribution < -0.4 is 5.32 Å². The number of halogens is 3. The predicted octanol–water partition coefficient (Wildman–Crippen LogP) is 2.80. The number of amides is 1. The molecule has 1 N–H and O–H groups in total. The first kappa shape index (κ1) is 16.1. The summed E-state index contributed by atoms with van der Waals surface area (Å²) in [6.45, 7) is 1.67. The van der Waals surface area contributed by atoms with Crippen LogP contribution in [0, 0.1) is 0 Å². The third-order valence-electron chi connectivity index (χ3n) is 3.28. The lowest BCUT2D eigenvalue weighted by Gasteiger charge is -2.17. The summed E-state index contributed by atoms with van der Waals surface area (Å²) in [4.78, 5) is 12.0. The van der Waals surface area contributed by atoms with Crippen LogP contribution >= 0.6 is 0 Å². The lowest BCUT2D eigenvalue weighted by molar-refractivity contribution is -0.138. The fourth-order valence-electron chi connectivity index (χ4n) is 2.25. The second-order valence-electron chi connectivity index (χ2n) is 5.07. The molecule has 0 saturated carbocycles.